The Bertz CT molecular complexity index is 678. The number of para-hydroxylation sites is 1. The number of aryl methyl sites for hydroxylation is 1. The molecule has 4 nitrogen and oxygen atoms in total. The molecule has 0 saturated carbocycles. The van der Waals surface area contributed by atoms with Crippen LogP contribution in [0.3, 0.4) is 0 Å². The number of nitrogens with one attached hydrogen (secondary N) is 3. The summed E-state index contributed by atoms with van der Waals surface area (Å²) in [6.45, 7) is 2.88. The predicted octanol–water partition coefficient (Wildman–Crippen LogP) is 2.59. The molecule has 4 heteroatoms. The molecule has 2 aromatic heterocycles. The number of hydrogen-bond acceptors (Lipinski definition) is 2. The van der Waals surface area contributed by atoms with Gasteiger partial charge < -0.3 is 15.3 Å². The molecule has 3 rings (SSSR count). The van der Waals surface area contributed by atoms with Crippen LogP contribution >= 0.6 is 0 Å². The van der Waals surface area contributed by atoms with Gasteiger partial charge in [-0.1, -0.05) is 18.2 Å². The largest absolute Gasteiger partial charge is 0.358 e. The summed E-state index contributed by atoms with van der Waals surface area (Å²) in [5.74, 6) is 0. The van der Waals surface area contributed by atoms with Gasteiger partial charge in [0.05, 0.1) is 17.7 Å². The minimum atomic E-state index is 0.786. The fraction of sp³-hybridized carbons (Fsp3) is 0.214. The van der Waals surface area contributed by atoms with Crippen molar-refractivity contribution < 1.29 is 0 Å². The second kappa shape index (κ2) is 4.31. The zero-order valence-electron chi connectivity index (χ0n) is 10.5. The Labute approximate surface area is 105 Å². The van der Waals surface area contributed by atoms with Gasteiger partial charge in [0.15, 0.2) is 0 Å². The van der Waals surface area contributed by atoms with E-state index in [-0.39, 0.29) is 0 Å². The monoisotopic (exact) mass is 240 g/mol. The van der Waals surface area contributed by atoms with Gasteiger partial charge in [0, 0.05) is 28.7 Å². The molecule has 0 radical (unpaired) electrons. The van der Waals surface area contributed by atoms with Gasteiger partial charge in [0.1, 0.15) is 0 Å². The van der Waals surface area contributed by atoms with E-state index in [0.29, 0.717) is 0 Å². The highest BCUT2D eigenvalue weighted by molar-refractivity contribution is 5.96. The molecule has 0 aliphatic heterocycles. The van der Waals surface area contributed by atoms with Gasteiger partial charge in [-0.05, 0) is 20.0 Å². The summed E-state index contributed by atoms with van der Waals surface area (Å²) < 4.78 is 0. The highest BCUT2D eigenvalue weighted by atomic mass is 14.9. The third-order valence-corrected chi connectivity index (χ3v) is 3.20. The van der Waals surface area contributed by atoms with E-state index in [9.17, 15) is 0 Å². The fourth-order valence-electron chi connectivity index (χ4n) is 2.43. The maximum atomic E-state index is 4.47. The number of nitrogens with zero attached hydrogens (tertiary/aromatic N) is 1. The molecule has 92 valence electrons. The topological polar surface area (TPSA) is 56.5 Å². The molecule has 18 heavy (non-hydrogen) atoms. The van der Waals surface area contributed by atoms with Crippen molar-refractivity contribution in [3.63, 3.8) is 0 Å². The summed E-state index contributed by atoms with van der Waals surface area (Å²) >= 11 is 0. The van der Waals surface area contributed by atoms with E-state index < -0.39 is 0 Å². The van der Waals surface area contributed by atoms with Crippen molar-refractivity contribution in [2.24, 2.45) is 0 Å². The van der Waals surface area contributed by atoms with Gasteiger partial charge >= 0.3 is 0 Å². The maximum Gasteiger partial charge on any atom is 0.0950 e. The van der Waals surface area contributed by atoms with Crippen LogP contribution in [0.15, 0.2) is 30.6 Å². The van der Waals surface area contributed by atoms with E-state index in [1.54, 1.807) is 6.33 Å². The van der Waals surface area contributed by atoms with Gasteiger partial charge in [-0.15, -0.1) is 0 Å². The van der Waals surface area contributed by atoms with Crippen LogP contribution in [0.5, 0.6) is 0 Å². The molecule has 0 atom stereocenters. The maximum absolute atomic E-state index is 4.47. The first-order valence-corrected chi connectivity index (χ1v) is 6.05. The molecule has 0 aliphatic rings. The van der Waals surface area contributed by atoms with Crippen molar-refractivity contribution in [3.05, 3.63) is 42.0 Å². The molecule has 3 aromatic rings. The third-order valence-electron chi connectivity index (χ3n) is 3.20. The van der Waals surface area contributed by atoms with Gasteiger partial charge in [-0.25, -0.2) is 4.98 Å². The minimum absolute atomic E-state index is 0.786. The normalized spacial score (nSPS) is 11.2. The number of aromatic nitrogens is 3. The molecule has 0 amide bonds. The molecular weight excluding hydrogens is 224 g/mol. The summed E-state index contributed by atoms with van der Waals surface area (Å²) in [5.41, 5.74) is 5.64. The van der Waals surface area contributed by atoms with E-state index in [4.69, 9.17) is 0 Å². The fourth-order valence-corrected chi connectivity index (χ4v) is 2.43. The molecule has 0 bridgehead atoms. The zero-order chi connectivity index (χ0) is 12.5. The molecular formula is C14H16N4. The van der Waals surface area contributed by atoms with Crippen LogP contribution in [0.1, 0.15) is 11.4 Å². The first-order chi connectivity index (χ1) is 8.81. The van der Waals surface area contributed by atoms with Crippen LogP contribution in [-0.2, 0) is 6.54 Å². The van der Waals surface area contributed by atoms with Crippen molar-refractivity contribution in [2.75, 3.05) is 7.05 Å². The van der Waals surface area contributed by atoms with E-state index in [2.05, 4.69) is 45.4 Å². The summed E-state index contributed by atoms with van der Waals surface area (Å²) in [7, 11) is 1.94. The molecule has 3 N–H and O–H groups in total. The number of rotatable bonds is 3. The first kappa shape index (κ1) is 11.0. The van der Waals surface area contributed by atoms with Crippen molar-refractivity contribution in [3.8, 4) is 11.3 Å². The number of fused-ring (bicyclic) bond motifs is 1. The average molecular weight is 240 g/mol. The Balaban J connectivity index is 2.24. The highest BCUT2D eigenvalue weighted by Crippen LogP contribution is 2.32. The van der Waals surface area contributed by atoms with Crippen molar-refractivity contribution in [1.82, 2.24) is 20.3 Å². The van der Waals surface area contributed by atoms with Gasteiger partial charge in [-0.2, -0.15) is 0 Å². The number of aromatic amines is 2. The standard InChI is InChI=1S/C14H16N4/c1-9-13(10-5-3-4-6-11(10)18-9)14-12(7-15-2)16-8-17-14/h3-6,8,15,18H,7H2,1-2H3,(H,16,17). The quantitative estimate of drug-likeness (QED) is 0.659. The molecule has 0 fully saturated rings. The lowest BCUT2D eigenvalue weighted by Gasteiger charge is -2.02. The average Bonchev–Trinajstić information content (AvgIpc) is 2.92. The Morgan fingerprint density at radius 3 is 2.94 bits per heavy atom. The van der Waals surface area contributed by atoms with E-state index in [1.165, 1.54) is 10.9 Å². The lowest BCUT2D eigenvalue weighted by Crippen LogP contribution is -2.06. The minimum Gasteiger partial charge on any atom is -0.358 e. The van der Waals surface area contributed by atoms with E-state index >= 15 is 0 Å². The van der Waals surface area contributed by atoms with Crippen LogP contribution in [0.25, 0.3) is 22.2 Å². The Morgan fingerprint density at radius 2 is 2.11 bits per heavy atom. The number of benzene rings is 1. The van der Waals surface area contributed by atoms with Crippen LogP contribution in [0, 0.1) is 6.92 Å². The van der Waals surface area contributed by atoms with Crippen LogP contribution in [0.4, 0.5) is 0 Å². The summed E-state index contributed by atoms with van der Waals surface area (Å²) in [6.07, 6.45) is 1.75. The van der Waals surface area contributed by atoms with Crippen LogP contribution in [0.2, 0.25) is 0 Å². The second-order valence-corrected chi connectivity index (χ2v) is 4.43. The lowest BCUT2D eigenvalue weighted by atomic mass is 10.1. The molecule has 1 aromatic carbocycles. The number of H-pyrrole nitrogens is 2. The first-order valence-electron chi connectivity index (χ1n) is 6.05. The van der Waals surface area contributed by atoms with Crippen LogP contribution in [-0.4, -0.2) is 22.0 Å². The second-order valence-electron chi connectivity index (χ2n) is 4.43. The van der Waals surface area contributed by atoms with Crippen molar-refractivity contribution in [1.29, 1.82) is 0 Å². The lowest BCUT2D eigenvalue weighted by molar-refractivity contribution is 0.798. The van der Waals surface area contributed by atoms with Gasteiger partial charge in [0.2, 0.25) is 0 Å². The summed E-state index contributed by atoms with van der Waals surface area (Å²) in [4.78, 5) is 11.1. The molecule has 0 aliphatic carbocycles. The molecule has 2 heterocycles. The molecule has 0 unspecified atom stereocenters. The zero-order valence-corrected chi connectivity index (χ0v) is 10.5. The highest BCUT2D eigenvalue weighted by Gasteiger charge is 2.15. The van der Waals surface area contributed by atoms with E-state index in [0.717, 1.165) is 29.1 Å². The Morgan fingerprint density at radius 1 is 1.28 bits per heavy atom. The summed E-state index contributed by atoms with van der Waals surface area (Å²) in [6, 6.07) is 8.33. The van der Waals surface area contributed by atoms with E-state index in [1.807, 2.05) is 13.1 Å². The number of hydrogen-bond donors (Lipinski definition) is 3. The molecule has 0 spiro atoms. The van der Waals surface area contributed by atoms with Crippen molar-refractivity contribution >= 4 is 10.9 Å². The predicted molar refractivity (Wildman–Crippen MR) is 73.4 cm³/mol. The third kappa shape index (κ3) is 1.62. The molecule has 0 saturated heterocycles. The van der Waals surface area contributed by atoms with Crippen molar-refractivity contribution in [2.45, 2.75) is 13.5 Å². The summed E-state index contributed by atoms with van der Waals surface area (Å²) in [5, 5.41) is 4.38. The SMILES string of the molecule is CNCc1[nH]cnc1-c1c(C)[nH]c2ccccc12. The smallest absolute Gasteiger partial charge is 0.0950 e. The van der Waals surface area contributed by atoms with Gasteiger partial charge in [0.25, 0.3) is 0 Å². The number of imidazole rings is 1. The van der Waals surface area contributed by atoms with Crippen LogP contribution < -0.4 is 5.32 Å². The Hall–Kier alpha value is -2.07. The van der Waals surface area contributed by atoms with Gasteiger partial charge in [-0.3, -0.25) is 0 Å². The Kier molecular flexibility index (Phi) is 2.64.